The molecular formula is C22H25F3N4O2. The van der Waals surface area contributed by atoms with Crippen LogP contribution >= 0.6 is 0 Å². The molecule has 0 bridgehead atoms. The number of nitriles is 1. The maximum absolute atomic E-state index is 13.4. The number of aliphatic hydroxyl groups is 1. The molecule has 0 spiro atoms. The summed E-state index contributed by atoms with van der Waals surface area (Å²) >= 11 is 0. The van der Waals surface area contributed by atoms with Gasteiger partial charge in [0.2, 0.25) is 0 Å². The van der Waals surface area contributed by atoms with E-state index in [4.69, 9.17) is 15.1 Å². The van der Waals surface area contributed by atoms with E-state index in [1.165, 1.54) is 6.07 Å². The van der Waals surface area contributed by atoms with Crippen molar-refractivity contribution in [2.45, 2.75) is 38.5 Å². The molecule has 0 aliphatic heterocycles. The zero-order chi connectivity index (χ0) is 22.4. The topological polar surface area (TPSA) is 74.3 Å². The number of alkyl halides is 3. The van der Waals surface area contributed by atoms with E-state index in [0.29, 0.717) is 38.2 Å². The van der Waals surface area contributed by atoms with Gasteiger partial charge in [0.15, 0.2) is 0 Å². The van der Waals surface area contributed by atoms with Crippen molar-refractivity contribution >= 4 is 11.3 Å². The Morgan fingerprint density at radius 1 is 1.35 bits per heavy atom. The van der Waals surface area contributed by atoms with Crippen molar-refractivity contribution in [1.82, 2.24) is 9.55 Å². The van der Waals surface area contributed by atoms with Gasteiger partial charge in [-0.3, -0.25) is 0 Å². The third kappa shape index (κ3) is 5.27. The first-order valence-corrected chi connectivity index (χ1v) is 10.1. The number of imidazole rings is 1. The first kappa shape index (κ1) is 22.8. The fraction of sp³-hybridized carbons (Fsp3) is 0.455. The Bertz CT molecular complexity index is 962. The van der Waals surface area contributed by atoms with Crippen molar-refractivity contribution in [2.24, 2.45) is 0 Å². The van der Waals surface area contributed by atoms with Crippen LogP contribution in [0.25, 0.3) is 5.57 Å². The summed E-state index contributed by atoms with van der Waals surface area (Å²) in [5.41, 5.74) is 1.23. The van der Waals surface area contributed by atoms with Gasteiger partial charge in [-0.2, -0.15) is 18.4 Å². The first-order valence-electron chi connectivity index (χ1n) is 10.1. The molecule has 1 heterocycles. The molecule has 1 aliphatic rings. The number of anilines is 1. The largest absolute Gasteiger partial charge is 0.417 e. The Hall–Kier alpha value is -2.83. The molecule has 1 aliphatic carbocycles. The Kier molecular flexibility index (Phi) is 7.36. The lowest BCUT2D eigenvalue weighted by Crippen LogP contribution is -2.33. The minimum absolute atomic E-state index is 0.0167. The number of halogens is 3. The van der Waals surface area contributed by atoms with Gasteiger partial charge in [0.1, 0.15) is 0 Å². The van der Waals surface area contributed by atoms with Crippen LogP contribution in [0, 0.1) is 11.3 Å². The monoisotopic (exact) mass is 434 g/mol. The van der Waals surface area contributed by atoms with E-state index in [2.05, 4.69) is 11.1 Å². The van der Waals surface area contributed by atoms with Crippen molar-refractivity contribution in [2.75, 3.05) is 31.3 Å². The van der Waals surface area contributed by atoms with Crippen LogP contribution in [0.5, 0.6) is 0 Å². The minimum atomic E-state index is -4.58. The second-order valence-electron chi connectivity index (χ2n) is 7.26. The van der Waals surface area contributed by atoms with Gasteiger partial charge >= 0.3 is 6.18 Å². The molecule has 0 amide bonds. The summed E-state index contributed by atoms with van der Waals surface area (Å²) in [6.45, 7) is 3.76. The second-order valence-corrected chi connectivity index (χ2v) is 7.26. The maximum Gasteiger partial charge on any atom is 0.417 e. The summed E-state index contributed by atoms with van der Waals surface area (Å²) in [6.07, 6.45) is 2.41. The number of aromatic nitrogens is 2. The summed E-state index contributed by atoms with van der Waals surface area (Å²) < 4.78 is 47.5. The van der Waals surface area contributed by atoms with E-state index in [-0.39, 0.29) is 24.8 Å². The SMILES string of the molecule is CCN(c1ccc(C#N)c(C(F)(F)F)c1)C1CC=C(c2cncn2CCOCCO)C1. The third-order valence-electron chi connectivity index (χ3n) is 5.39. The van der Waals surface area contributed by atoms with E-state index in [0.717, 1.165) is 17.3 Å². The van der Waals surface area contributed by atoms with E-state index in [1.54, 1.807) is 24.7 Å². The molecule has 1 unspecified atom stereocenters. The van der Waals surface area contributed by atoms with E-state index in [9.17, 15) is 13.2 Å². The molecule has 9 heteroatoms. The van der Waals surface area contributed by atoms with Crippen molar-refractivity contribution < 1.29 is 23.0 Å². The lowest BCUT2D eigenvalue weighted by atomic mass is 10.0. The predicted molar refractivity (Wildman–Crippen MR) is 110 cm³/mol. The van der Waals surface area contributed by atoms with Crippen molar-refractivity contribution in [3.63, 3.8) is 0 Å². The standard InChI is InChI=1S/C22H25F3N4O2/c1-2-29(19-6-4-17(13-26)20(12-19)22(23,24)25)18-5-3-16(11-18)21-14-27-15-28(21)7-9-31-10-8-30/h3-4,6,12,14-15,18,30H,2,5,7-11H2,1H3. The lowest BCUT2D eigenvalue weighted by molar-refractivity contribution is -0.137. The number of rotatable bonds is 9. The van der Waals surface area contributed by atoms with E-state index >= 15 is 0 Å². The van der Waals surface area contributed by atoms with Gasteiger partial charge < -0.3 is 19.3 Å². The molecule has 0 saturated heterocycles. The summed E-state index contributed by atoms with van der Waals surface area (Å²) in [4.78, 5) is 6.17. The van der Waals surface area contributed by atoms with Crippen LogP contribution in [0.15, 0.2) is 36.8 Å². The fourth-order valence-corrected chi connectivity index (χ4v) is 3.94. The van der Waals surface area contributed by atoms with Crippen LogP contribution in [0.2, 0.25) is 0 Å². The van der Waals surface area contributed by atoms with Gasteiger partial charge in [-0.05, 0) is 43.5 Å². The molecule has 166 valence electrons. The highest BCUT2D eigenvalue weighted by molar-refractivity contribution is 5.67. The predicted octanol–water partition coefficient (Wildman–Crippen LogP) is 3.85. The quantitative estimate of drug-likeness (QED) is 0.607. The van der Waals surface area contributed by atoms with Gasteiger partial charge in [0, 0.05) is 24.8 Å². The Labute approximate surface area is 179 Å². The summed E-state index contributed by atoms with van der Waals surface area (Å²) in [7, 11) is 0. The van der Waals surface area contributed by atoms with Gasteiger partial charge in [0.05, 0.1) is 55.2 Å². The molecule has 1 N–H and O–H groups in total. The van der Waals surface area contributed by atoms with Crippen molar-refractivity contribution in [3.8, 4) is 6.07 Å². The Morgan fingerprint density at radius 2 is 2.16 bits per heavy atom. The van der Waals surface area contributed by atoms with Crippen LogP contribution in [0.4, 0.5) is 18.9 Å². The summed E-state index contributed by atoms with van der Waals surface area (Å²) in [6, 6.07) is 5.54. The van der Waals surface area contributed by atoms with Crippen molar-refractivity contribution in [1.29, 1.82) is 5.26 Å². The van der Waals surface area contributed by atoms with Gasteiger partial charge in [0.25, 0.3) is 0 Å². The van der Waals surface area contributed by atoms with Crippen LogP contribution in [-0.2, 0) is 17.5 Å². The molecule has 0 fully saturated rings. The lowest BCUT2D eigenvalue weighted by Gasteiger charge is -2.31. The number of benzene rings is 1. The highest BCUT2D eigenvalue weighted by Gasteiger charge is 2.35. The third-order valence-corrected chi connectivity index (χ3v) is 5.39. The zero-order valence-electron chi connectivity index (χ0n) is 17.3. The number of ether oxygens (including phenoxy) is 1. The molecule has 1 aromatic heterocycles. The van der Waals surface area contributed by atoms with E-state index < -0.39 is 11.7 Å². The second kappa shape index (κ2) is 9.98. The van der Waals surface area contributed by atoms with E-state index in [1.807, 2.05) is 16.4 Å². The number of nitrogens with zero attached hydrogens (tertiary/aromatic N) is 4. The average Bonchev–Trinajstić information content (AvgIpc) is 3.40. The molecule has 6 nitrogen and oxygen atoms in total. The average molecular weight is 434 g/mol. The number of aliphatic hydroxyl groups excluding tert-OH is 1. The molecule has 1 aromatic carbocycles. The molecule has 2 aromatic rings. The fourth-order valence-electron chi connectivity index (χ4n) is 3.94. The first-order chi connectivity index (χ1) is 14.9. The number of hydrogen-bond acceptors (Lipinski definition) is 5. The molecule has 0 saturated carbocycles. The molecule has 0 radical (unpaired) electrons. The van der Waals surface area contributed by atoms with Gasteiger partial charge in [-0.25, -0.2) is 4.98 Å². The maximum atomic E-state index is 13.4. The van der Waals surface area contributed by atoms with Crippen LogP contribution in [0.1, 0.15) is 36.6 Å². The van der Waals surface area contributed by atoms with Crippen LogP contribution in [0.3, 0.4) is 0 Å². The van der Waals surface area contributed by atoms with Crippen LogP contribution in [-0.4, -0.2) is 47.1 Å². The Morgan fingerprint density at radius 3 is 2.84 bits per heavy atom. The molecular weight excluding hydrogens is 409 g/mol. The number of hydrogen-bond donors (Lipinski definition) is 1. The molecule has 3 rings (SSSR count). The normalized spacial score (nSPS) is 16.3. The Balaban J connectivity index is 1.75. The smallest absolute Gasteiger partial charge is 0.394 e. The zero-order valence-corrected chi connectivity index (χ0v) is 17.3. The van der Waals surface area contributed by atoms with Crippen molar-refractivity contribution in [3.05, 3.63) is 53.6 Å². The highest BCUT2D eigenvalue weighted by Crippen LogP contribution is 2.37. The van der Waals surface area contributed by atoms with Gasteiger partial charge in [-0.1, -0.05) is 6.08 Å². The molecule has 31 heavy (non-hydrogen) atoms. The summed E-state index contributed by atoms with van der Waals surface area (Å²) in [5, 5.41) is 17.8. The minimum Gasteiger partial charge on any atom is -0.394 e. The van der Waals surface area contributed by atoms with Gasteiger partial charge in [-0.15, -0.1) is 0 Å². The summed E-state index contributed by atoms with van der Waals surface area (Å²) in [5.74, 6) is 0. The molecule has 1 atom stereocenters. The highest BCUT2D eigenvalue weighted by atomic mass is 19.4. The van der Waals surface area contributed by atoms with Crippen LogP contribution < -0.4 is 4.90 Å².